The lowest BCUT2D eigenvalue weighted by Gasteiger charge is -1.52. The molecule has 0 saturated carbocycles. The summed E-state index contributed by atoms with van der Waals surface area (Å²) in [5.41, 5.74) is 0. The first-order chi connectivity index (χ1) is 3.15. The van der Waals surface area contributed by atoms with Crippen LogP contribution in [0.1, 0.15) is 13.8 Å². The summed E-state index contributed by atoms with van der Waals surface area (Å²) in [6.45, 7) is 3.22. The van der Waals surface area contributed by atoms with Crippen LogP contribution in [-0.4, -0.2) is 17.0 Å². The molecule has 0 radical (unpaired) electrons. The number of carbonyl (C=O) groups is 1. The Morgan fingerprint density at radius 1 is 1.75 bits per heavy atom. The molecule has 0 saturated heterocycles. The summed E-state index contributed by atoms with van der Waals surface area (Å²) < 4.78 is 0. The minimum Gasteiger partial charge on any atom is -0.397 e. The number of rotatable bonds is 0. The van der Waals surface area contributed by atoms with Crippen molar-refractivity contribution in [3.05, 3.63) is 0 Å². The Morgan fingerprint density at radius 2 is 1.75 bits per heavy atom. The van der Waals surface area contributed by atoms with E-state index in [4.69, 9.17) is 5.11 Å². The van der Waals surface area contributed by atoms with Gasteiger partial charge >= 0.3 is 0 Å². The lowest BCUT2D eigenvalue weighted by atomic mass is 10.9. The van der Waals surface area contributed by atoms with E-state index in [9.17, 15) is 4.79 Å². The van der Waals surface area contributed by atoms with Crippen LogP contribution in [0.3, 0.4) is 0 Å². The van der Waals surface area contributed by atoms with Gasteiger partial charge in [0.05, 0.1) is 0 Å². The maximum atomic E-state index is 9.21. The Balaban J connectivity index is -0.0000000575. The smallest absolute Gasteiger partial charge is 0.218 e. The van der Waals surface area contributed by atoms with Crippen LogP contribution >= 0.6 is 11.6 Å². The Bertz CT molecular complexity index is 45.3. The van der Waals surface area contributed by atoms with Crippen LogP contribution in [0.2, 0.25) is 0 Å². The standard InChI is InChI=1S/C2H3ClO.C2H6O.H3N/c1-2(3)4;1-2-3;/h1H3;3H,2H2,1H3;1H3. The van der Waals surface area contributed by atoms with Crippen molar-refractivity contribution in [1.82, 2.24) is 6.15 Å². The lowest BCUT2D eigenvalue weighted by molar-refractivity contribution is -0.109. The average molecular weight is 142 g/mol. The number of carbonyl (C=O) groups excluding carboxylic acids is 1. The van der Waals surface area contributed by atoms with Gasteiger partial charge in [-0.3, -0.25) is 4.79 Å². The number of hydrogen-bond donors (Lipinski definition) is 2. The van der Waals surface area contributed by atoms with E-state index >= 15 is 0 Å². The highest BCUT2D eigenvalue weighted by molar-refractivity contribution is 6.62. The Hall–Kier alpha value is -0.120. The Kier molecular flexibility index (Phi) is 30.9. The van der Waals surface area contributed by atoms with Crippen LogP contribution in [-0.2, 0) is 4.79 Å². The van der Waals surface area contributed by atoms with Crippen LogP contribution in [0, 0.1) is 0 Å². The number of hydrogen-bond acceptors (Lipinski definition) is 3. The minimum absolute atomic E-state index is 0. The number of aliphatic hydroxyl groups is 1. The van der Waals surface area contributed by atoms with Crippen molar-refractivity contribution >= 4 is 16.8 Å². The van der Waals surface area contributed by atoms with E-state index in [0.717, 1.165) is 0 Å². The van der Waals surface area contributed by atoms with Gasteiger partial charge < -0.3 is 11.3 Å². The molecule has 52 valence electrons. The van der Waals surface area contributed by atoms with Gasteiger partial charge in [-0.15, -0.1) is 0 Å². The van der Waals surface area contributed by atoms with E-state index in [0.29, 0.717) is 0 Å². The zero-order valence-electron chi connectivity index (χ0n) is 5.15. The zero-order valence-corrected chi connectivity index (χ0v) is 5.90. The van der Waals surface area contributed by atoms with Gasteiger partial charge in [-0.05, 0) is 18.5 Å². The maximum absolute atomic E-state index is 9.21. The molecule has 0 aliphatic heterocycles. The van der Waals surface area contributed by atoms with Crippen LogP contribution in [0.4, 0.5) is 0 Å². The minimum atomic E-state index is -0.361. The molecule has 0 atom stereocenters. The van der Waals surface area contributed by atoms with Crippen molar-refractivity contribution in [2.24, 2.45) is 0 Å². The van der Waals surface area contributed by atoms with Gasteiger partial charge in [0.15, 0.2) is 0 Å². The topological polar surface area (TPSA) is 72.3 Å². The molecule has 0 unspecified atom stereocenters. The largest absolute Gasteiger partial charge is 0.397 e. The van der Waals surface area contributed by atoms with Gasteiger partial charge in [0, 0.05) is 13.5 Å². The molecule has 0 bridgehead atoms. The average Bonchev–Trinajstić information content (AvgIpc) is 1.33. The van der Waals surface area contributed by atoms with Gasteiger partial charge in [0.25, 0.3) is 0 Å². The summed E-state index contributed by atoms with van der Waals surface area (Å²) in [5, 5.41) is 7.21. The van der Waals surface area contributed by atoms with Crippen molar-refractivity contribution in [2.45, 2.75) is 13.8 Å². The van der Waals surface area contributed by atoms with Crippen LogP contribution < -0.4 is 6.15 Å². The van der Waals surface area contributed by atoms with Crippen LogP contribution in [0.25, 0.3) is 0 Å². The molecule has 0 heterocycles. The van der Waals surface area contributed by atoms with E-state index in [1.165, 1.54) is 6.92 Å². The summed E-state index contributed by atoms with van der Waals surface area (Å²) in [6, 6.07) is 0. The predicted octanol–water partition coefficient (Wildman–Crippen LogP) is 0.932. The van der Waals surface area contributed by atoms with Gasteiger partial charge in [0.2, 0.25) is 5.24 Å². The van der Waals surface area contributed by atoms with Crippen molar-refractivity contribution in [3.8, 4) is 0 Å². The zero-order chi connectivity index (χ0) is 6.28. The Morgan fingerprint density at radius 3 is 1.75 bits per heavy atom. The van der Waals surface area contributed by atoms with Gasteiger partial charge in [-0.1, -0.05) is 0 Å². The fourth-order valence-electron chi connectivity index (χ4n) is 0. The van der Waals surface area contributed by atoms with Crippen molar-refractivity contribution < 1.29 is 9.90 Å². The van der Waals surface area contributed by atoms with Gasteiger partial charge in [-0.2, -0.15) is 0 Å². The molecule has 0 amide bonds. The highest BCUT2D eigenvalue weighted by atomic mass is 35.5. The molecule has 0 aliphatic rings. The molecule has 0 spiro atoms. The SMILES string of the molecule is CC(=O)Cl.CCO.N. The second kappa shape index (κ2) is 15.8. The molecule has 0 aromatic carbocycles. The van der Waals surface area contributed by atoms with Crippen molar-refractivity contribution in [3.63, 3.8) is 0 Å². The first-order valence-electron chi connectivity index (χ1n) is 1.92. The van der Waals surface area contributed by atoms with E-state index < -0.39 is 0 Å². The summed E-state index contributed by atoms with van der Waals surface area (Å²) in [6.07, 6.45) is 0. The number of halogens is 1. The fourth-order valence-corrected chi connectivity index (χ4v) is 0. The molecular weight excluding hydrogens is 130 g/mol. The Labute approximate surface area is 54.2 Å². The van der Waals surface area contributed by atoms with Gasteiger partial charge in [0.1, 0.15) is 0 Å². The third kappa shape index (κ3) is 9720. The molecular formula is C4H12ClNO2. The molecule has 0 aliphatic carbocycles. The van der Waals surface area contributed by atoms with Crippen LogP contribution in [0.5, 0.6) is 0 Å². The van der Waals surface area contributed by atoms with Crippen molar-refractivity contribution in [2.75, 3.05) is 6.61 Å². The molecule has 3 nitrogen and oxygen atoms in total. The molecule has 0 rings (SSSR count). The van der Waals surface area contributed by atoms with Crippen LogP contribution in [0.15, 0.2) is 0 Å². The maximum Gasteiger partial charge on any atom is 0.218 e. The van der Waals surface area contributed by atoms with Crippen molar-refractivity contribution in [1.29, 1.82) is 0 Å². The monoisotopic (exact) mass is 141 g/mol. The predicted molar refractivity (Wildman–Crippen MR) is 34.3 cm³/mol. The number of aliphatic hydroxyl groups excluding tert-OH is 1. The quantitative estimate of drug-likeness (QED) is 0.493. The molecule has 0 aromatic heterocycles. The second-order valence-corrected chi connectivity index (χ2v) is 1.32. The second-order valence-electron chi connectivity index (χ2n) is 0.786. The molecule has 0 aromatic rings. The summed E-state index contributed by atoms with van der Waals surface area (Å²) in [4.78, 5) is 9.21. The molecule has 8 heavy (non-hydrogen) atoms. The first-order valence-corrected chi connectivity index (χ1v) is 2.29. The summed E-state index contributed by atoms with van der Waals surface area (Å²) >= 11 is 4.64. The normalized spacial score (nSPS) is 5.50. The molecule has 4 heteroatoms. The van der Waals surface area contributed by atoms with E-state index in [2.05, 4.69) is 11.6 Å². The lowest BCUT2D eigenvalue weighted by Crippen LogP contribution is -1.62. The summed E-state index contributed by atoms with van der Waals surface area (Å²) in [7, 11) is 0. The highest BCUT2D eigenvalue weighted by Gasteiger charge is 1.67. The molecule has 4 N–H and O–H groups in total. The van der Waals surface area contributed by atoms with Gasteiger partial charge in [-0.25, -0.2) is 0 Å². The molecule has 0 fully saturated rings. The van der Waals surface area contributed by atoms with E-state index in [1.54, 1.807) is 6.92 Å². The third-order valence-electron chi connectivity index (χ3n) is 0. The first kappa shape index (κ1) is 15.7. The van der Waals surface area contributed by atoms with E-state index in [-0.39, 0.29) is 18.0 Å². The van der Waals surface area contributed by atoms with E-state index in [1.807, 2.05) is 0 Å². The highest BCUT2D eigenvalue weighted by Crippen LogP contribution is 1.67. The summed E-state index contributed by atoms with van der Waals surface area (Å²) in [5.74, 6) is 0. The fraction of sp³-hybridized carbons (Fsp3) is 0.750. The third-order valence-corrected chi connectivity index (χ3v) is 0.